The molecular formula is C24H32N4O10. The predicted molar refractivity (Wildman–Crippen MR) is 132 cm³/mol. The van der Waals surface area contributed by atoms with Crippen LogP contribution in [0.3, 0.4) is 0 Å². The molecule has 2 saturated heterocycles. The smallest absolute Gasteiger partial charge is 0.330 e. The van der Waals surface area contributed by atoms with E-state index in [1.165, 1.54) is 21.5 Å². The number of rotatable bonds is 10. The normalized spacial score (nSPS) is 27.5. The first-order valence-corrected chi connectivity index (χ1v) is 12.3. The molecule has 2 aromatic heterocycles. The molecule has 4 rings (SSSR count). The molecule has 14 heteroatoms. The topological polar surface area (TPSA) is 187 Å². The Balaban J connectivity index is 1.21. The molecule has 0 spiro atoms. The average Bonchev–Trinajstić information content (AvgIpc) is 3.46. The minimum atomic E-state index is -0.837. The summed E-state index contributed by atoms with van der Waals surface area (Å²) in [5.41, 5.74) is -1.40. The third-order valence-electron chi connectivity index (χ3n) is 6.55. The fraction of sp³-hybridized carbons (Fsp3) is 0.583. The number of nitrogens with one attached hydrogen (secondary N) is 2. The molecule has 0 unspecified atom stereocenters. The van der Waals surface area contributed by atoms with Gasteiger partial charge in [-0.15, -0.1) is 0 Å². The van der Waals surface area contributed by atoms with Crippen LogP contribution in [-0.2, 0) is 18.9 Å². The van der Waals surface area contributed by atoms with Crippen molar-refractivity contribution >= 4 is 0 Å². The number of nitrogens with zero attached hydrogens (tertiary/aromatic N) is 2. The maximum atomic E-state index is 12.1. The lowest BCUT2D eigenvalue weighted by atomic mass is 10.2. The standard InChI is InChI=1S/C24H32N4O10/c1-13-9-27(23(33)25-21(13)31)19-7-15(30)18(38-19)12-35-5-3-4-6-36-16-8-20(37-17(16)11-29)28-10-14(2)22(32)26-24(28)34/h3-4,9-10,15-20,29-30H,5-8,11-12H2,1-2H3,(H,25,31,33)(H,26,32,34)/b4-3+/t15-,16-,17+,18+,19+,20+/m0/s1. The monoisotopic (exact) mass is 536 g/mol. The second kappa shape index (κ2) is 12.1. The lowest BCUT2D eigenvalue weighted by Gasteiger charge is -2.16. The number of H-pyrrole nitrogens is 2. The van der Waals surface area contributed by atoms with Crippen molar-refractivity contribution in [3.63, 3.8) is 0 Å². The number of ether oxygens (including phenoxy) is 4. The zero-order valence-electron chi connectivity index (χ0n) is 21.1. The van der Waals surface area contributed by atoms with Gasteiger partial charge < -0.3 is 29.2 Å². The van der Waals surface area contributed by atoms with Crippen LogP contribution in [-0.4, -0.2) is 80.2 Å². The maximum Gasteiger partial charge on any atom is 0.330 e. The van der Waals surface area contributed by atoms with Crippen molar-refractivity contribution in [1.29, 1.82) is 0 Å². The van der Waals surface area contributed by atoms with Gasteiger partial charge in [0, 0.05) is 36.4 Å². The van der Waals surface area contributed by atoms with E-state index in [0.717, 1.165) is 0 Å². The Morgan fingerprint density at radius 1 is 0.921 bits per heavy atom. The molecule has 0 bridgehead atoms. The first-order chi connectivity index (χ1) is 18.2. The van der Waals surface area contributed by atoms with Gasteiger partial charge in [0.1, 0.15) is 24.7 Å². The zero-order chi connectivity index (χ0) is 27.4. The number of hydrogen-bond acceptors (Lipinski definition) is 10. The van der Waals surface area contributed by atoms with E-state index < -0.39 is 59.4 Å². The third kappa shape index (κ3) is 6.28. The van der Waals surface area contributed by atoms with E-state index in [4.69, 9.17) is 18.9 Å². The van der Waals surface area contributed by atoms with Crippen molar-refractivity contribution in [2.24, 2.45) is 0 Å². The lowest BCUT2D eigenvalue weighted by Crippen LogP contribution is -2.33. The molecule has 0 radical (unpaired) electrons. The summed E-state index contributed by atoms with van der Waals surface area (Å²) in [5, 5.41) is 19.9. The lowest BCUT2D eigenvalue weighted by molar-refractivity contribution is -0.0603. The van der Waals surface area contributed by atoms with Crippen LogP contribution in [0.25, 0.3) is 0 Å². The molecule has 0 saturated carbocycles. The Bertz CT molecular complexity index is 1380. The van der Waals surface area contributed by atoms with E-state index in [1.54, 1.807) is 26.0 Å². The van der Waals surface area contributed by atoms with Crippen LogP contribution in [0.1, 0.15) is 36.4 Å². The molecule has 14 nitrogen and oxygen atoms in total. The van der Waals surface area contributed by atoms with Gasteiger partial charge in [0.05, 0.1) is 38.6 Å². The van der Waals surface area contributed by atoms with Crippen molar-refractivity contribution in [2.75, 3.05) is 26.4 Å². The highest BCUT2D eigenvalue weighted by molar-refractivity contribution is 5.03. The minimum Gasteiger partial charge on any atom is -0.394 e. The number of aromatic amines is 2. The summed E-state index contributed by atoms with van der Waals surface area (Å²) in [4.78, 5) is 51.8. The van der Waals surface area contributed by atoms with Gasteiger partial charge in [0.25, 0.3) is 11.1 Å². The highest BCUT2D eigenvalue weighted by atomic mass is 16.6. The summed E-state index contributed by atoms with van der Waals surface area (Å²) >= 11 is 0. The van der Waals surface area contributed by atoms with Crippen LogP contribution < -0.4 is 22.5 Å². The van der Waals surface area contributed by atoms with Gasteiger partial charge in [-0.2, -0.15) is 0 Å². The fourth-order valence-electron chi connectivity index (χ4n) is 4.41. The molecule has 2 aliphatic heterocycles. The van der Waals surface area contributed by atoms with E-state index in [0.29, 0.717) is 17.5 Å². The fourth-order valence-corrected chi connectivity index (χ4v) is 4.41. The second-order valence-electron chi connectivity index (χ2n) is 9.32. The summed E-state index contributed by atoms with van der Waals surface area (Å²) < 4.78 is 25.4. The van der Waals surface area contributed by atoms with Crippen LogP contribution in [0.5, 0.6) is 0 Å². The summed E-state index contributed by atoms with van der Waals surface area (Å²) in [5.74, 6) is 0. The third-order valence-corrected chi connectivity index (χ3v) is 6.55. The Hall–Kier alpha value is -3.14. The van der Waals surface area contributed by atoms with Crippen LogP contribution >= 0.6 is 0 Å². The molecular weight excluding hydrogens is 504 g/mol. The van der Waals surface area contributed by atoms with Gasteiger partial charge in [-0.1, -0.05) is 12.2 Å². The van der Waals surface area contributed by atoms with Crippen molar-refractivity contribution in [3.8, 4) is 0 Å². The molecule has 0 aliphatic carbocycles. The van der Waals surface area contributed by atoms with Gasteiger partial charge in [0.2, 0.25) is 0 Å². The molecule has 208 valence electrons. The number of hydrogen-bond donors (Lipinski definition) is 4. The van der Waals surface area contributed by atoms with Crippen LogP contribution in [0.15, 0.2) is 43.7 Å². The molecule has 0 amide bonds. The van der Waals surface area contributed by atoms with Crippen molar-refractivity contribution < 1.29 is 29.2 Å². The molecule has 2 fully saturated rings. The predicted octanol–water partition coefficient (Wildman–Crippen LogP) is -1.41. The summed E-state index contributed by atoms with van der Waals surface area (Å²) in [6, 6.07) is 0. The Morgan fingerprint density at radius 2 is 1.47 bits per heavy atom. The summed E-state index contributed by atoms with van der Waals surface area (Å²) in [7, 11) is 0. The highest BCUT2D eigenvalue weighted by Gasteiger charge is 2.37. The molecule has 2 aromatic rings. The van der Waals surface area contributed by atoms with E-state index in [2.05, 4.69) is 9.97 Å². The minimum absolute atomic E-state index is 0.0953. The largest absolute Gasteiger partial charge is 0.394 e. The number of aliphatic hydroxyl groups is 2. The maximum absolute atomic E-state index is 12.1. The Morgan fingerprint density at radius 3 is 2.08 bits per heavy atom. The molecule has 4 heterocycles. The van der Waals surface area contributed by atoms with Gasteiger partial charge in [0.15, 0.2) is 0 Å². The average molecular weight is 537 g/mol. The van der Waals surface area contributed by atoms with E-state index in [-0.39, 0.29) is 32.8 Å². The van der Waals surface area contributed by atoms with E-state index in [1.807, 2.05) is 0 Å². The number of aliphatic hydroxyl groups excluding tert-OH is 2. The van der Waals surface area contributed by atoms with Gasteiger partial charge >= 0.3 is 11.4 Å². The quantitative estimate of drug-likeness (QED) is 0.208. The second-order valence-corrected chi connectivity index (χ2v) is 9.32. The number of aryl methyl sites for hydroxylation is 2. The first kappa shape index (κ1) is 27.9. The number of aromatic nitrogens is 4. The molecule has 6 atom stereocenters. The van der Waals surface area contributed by atoms with Gasteiger partial charge in [-0.05, 0) is 13.8 Å². The van der Waals surface area contributed by atoms with Gasteiger partial charge in [-0.3, -0.25) is 28.7 Å². The van der Waals surface area contributed by atoms with Crippen LogP contribution in [0.2, 0.25) is 0 Å². The van der Waals surface area contributed by atoms with E-state index in [9.17, 15) is 29.4 Å². The van der Waals surface area contributed by atoms with Crippen molar-refractivity contribution in [3.05, 3.63) is 77.3 Å². The molecule has 0 aromatic carbocycles. The highest BCUT2D eigenvalue weighted by Crippen LogP contribution is 2.30. The van der Waals surface area contributed by atoms with E-state index >= 15 is 0 Å². The SMILES string of the molecule is Cc1cn([C@H]2C[C@H](OC/C=C/COC[C@H]3O[C@@H](n4cc(C)c(=O)[nH]c4=O)C[C@@H]3O)[C@@H](CO)O2)c(=O)[nH]c1=O. The Kier molecular flexibility index (Phi) is 8.91. The summed E-state index contributed by atoms with van der Waals surface area (Å²) in [6.07, 6.45) is 2.84. The van der Waals surface area contributed by atoms with Crippen LogP contribution in [0.4, 0.5) is 0 Å². The van der Waals surface area contributed by atoms with Crippen molar-refractivity contribution in [1.82, 2.24) is 19.1 Å². The molecule has 2 aliphatic rings. The Labute approximate surface area is 216 Å². The van der Waals surface area contributed by atoms with Gasteiger partial charge in [-0.25, -0.2) is 9.59 Å². The van der Waals surface area contributed by atoms with Crippen LogP contribution in [0, 0.1) is 13.8 Å². The summed E-state index contributed by atoms with van der Waals surface area (Å²) in [6.45, 7) is 3.39. The molecule has 38 heavy (non-hydrogen) atoms. The molecule has 4 N–H and O–H groups in total. The first-order valence-electron chi connectivity index (χ1n) is 12.3. The van der Waals surface area contributed by atoms with Crippen molar-refractivity contribution in [2.45, 2.75) is 63.6 Å². The zero-order valence-corrected chi connectivity index (χ0v) is 21.1.